The number of halogens is 1. The minimum atomic E-state index is -0.958. The number of pyridine rings is 1. The van der Waals surface area contributed by atoms with Crippen LogP contribution >= 0.6 is 11.6 Å². The van der Waals surface area contributed by atoms with E-state index >= 15 is 0 Å². The van der Waals surface area contributed by atoms with Gasteiger partial charge in [0.1, 0.15) is 22.8 Å². The number of nitrogens with zero attached hydrogens (tertiary/aromatic N) is 1. The number of hydrogen-bond donors (Lipinski definition) is 5. The van der Waals surface area contributed by atoms with Gasteiger partial charge in [-0.05, 0) is 24.3 Å². The van der Waals surface area contributed by atoms with Gasteiger partial charge in [0.2, 0.25) is 0 Å². The molecule has 1 heterocycles. The maximum Gasteiger partial charge on any atom is 0.280 e. The largest absolute Gasteiger partial charge is 0.508 e. The first-order chi connectivity index (χ1) is 12.4. The Balaban J connectivity index is 1.92. The van der Waals surface area contributed by atoms with Crippen LogP contribution in [0.25, 0.3) is 10.9 Å². The van der Waals surface area contributed by atoms with Gasteiger partial charge >= 0.3 is 0 Å². The molecule has 0 aliphatic carbocycles. The molecule has 5 N–H and O–H groups in total. The predicted octanol–water partition coefficient (Wildman–Crippen LogP) is 2.06. The normalized spacial score (nSPS) is 11.1. The van der Waals surface area contributed by atoms with Crippen LogP contribution in [0, 0.1) is 0 Å². The number of fused-ring (bicyclic) bond motifs is 1. The van der Waals surface area contributed by atoms with E-state index in [4.69, 9.17) is 11.6 Å². The van der Waals surface area contributed by atoms with Crippen molar-refractivity contribution in [1.82, 2.24) is 10.4 Å². The number of benzene rings is 2. The lowest BCUT2D eigenvalue weighted by atomic mass is 10.1. The molecule has 8 nitrogen and oxygen atoms in total. The first-order valence-corrected chi connectivity index (χ1v) is 7.65. The van der Waals surface area contributed by atoms with Crippen LogP contribution in [-0.2, 0) is 0 Å². The van der Waals surface area contributed by atoms with E-state index in [9.17, 15) is 24.9 Å². The molecule has 0 aliphatic heterocycles. The third-order valence-corrected chi connectivity index (χ3v) is 3.89. The number of carbonyl (C=O) groups excluding carboxylic acids is 1. The summed E-state index contributed by atoms with van der Waals surface area (Å²) in [6, 6.07) is 8.44. The van der Waals surface area contributed by atoms with Crippen LogP contribution in [0.4, 0.5) is 0 Å². The second kappa shape index (κ2) is 6.77. The third-order valence-electron chi connectivity index (χ3n) is 3.57. The zero-order chi connectivity index (χ0) is 18.8. The minimum Gasteiger partial charge on any atom is -0.508 e. The number of rotatable bonds is 3. The molecule has 3 rings (SSSR count). The number of nitrogens with one attached hydrogen (secondary N) is 2. The highest BCUT2D eigenvalue weighted by Gasteiger charge is 2.20. The fourth-order valence-corrected chi connectivity index (χ4v) is 2.62. The van der Waals surface area contributed by atoms with Crippen molar-refractivity contribution in [2.24, 2.45) is 5.10 Å². The lowest BCUT2D eigenvalue weighted by Gasteiger charge is -2.07. The number of amides is 1. The van der Waals surface area contributed by atoms with E-state index in [0.717, 1.165) is 12.3 Å². The molecule has 1 amide bonds. The first kappa shape index (κ1) is 17.3. The Hall–Kier alpha value is -3.52. The molecule has 0 spiro atoms. The summed E-state index contributed by atoms with van der Waals surface area (Å²) in [4.78, 5) is 26.8. The van der Waals surface area contributed by atoms with E-state index in [1.54, 1.807) is 6.07 Å². The van der Waals surface area contributed by atoms with Gasteiger partial charge in [-0.15, -0.1) is 0 Å². The van der Waals surface area contributed by atoms with E-state index in [2.05, 4.69) is 15.5 Å². The molecule has 132 valence electrons. The van der Waals surface area contributed by atoms with Crippen LogP contribution in [0.3, 0.4) is 0 Å². The Morgan fingerprint density at radius 3 is 2.69 bits per heavy atom. The monoisotopic (exact) mass is 373 g/mol. The van der Waals surface area contributed by atoms with Crippen molar-refractivity contribution in [1.29, 1.82) is 0 Å². The molecule has 0 bridgehead atoms. The Morgan fingerprint density at radius 2 is 1.96 bits per heavy atom. The molecule has 0 saturated heterocycles. The number of phenols is 2. The van der Waals surface area contributed by atoms with Crippen LogP contribution < -0.4 is 11.0 Å². The fraction of sp³-hybridized carbons (Fsp3) is 0. The van der Waals surface area contributed by atoms with Gasteiger partial charge in [0.05, 0.1) is 22.1 Å². The highest BCUT2D eigenvalue weighted by Crippen LogP contribution is 2.31. The standard InChI is InChI=1S/C17H12ClN3O5/c18-10-2-1-3-11-13(10)15(24)14(16(25)20-11)17(26)21-19-7-8-4-5-9(22)6-12(8)23/h1-7,22-23H,(H,21,26)(H2,20,24,25)/b19-7+. The number of aromatic nitrogens is 1. The van der Waals surface area contributed by atoms with Crippen LogP contribution in [0.1, 0.15) is 15.9 Å². The lowest BCUT2D eigenvalue weighted by molar-refractivity contribution is 0.0951. The summed E-state index contributed by atoms with van der Waals surface area (Å²) in [5.74, 6) is -1.90. The lowest BCUT2D eigenvalue weighted by Crippen LogP contribution is -2.26. The zero-order valence-corrected chi connectivity index (χ0v) is 13.8. The van der Waals surface area contributed by atoms with Gasteiger partial charge in [0, 0.05) is 11.6 Å². The van der Waals surface area contributed by atoms with Crippen molar-refractivity contribution in [2.75, 3.05) is 0 Å². The quantitative estimate of drug-likeness (QED) is 0.354. The number of hydrogen-bond acceptors (Lipinski definition) is 6. The summed E-state index contributed by atoms with van der Waals surface area (Å²) >= 11 is 6.01. The molecule has 3 aromatic rings. The number of aromatic amines is 1. The number of H-pyrrole nitrogens is 1. The van der Waals surface area contributed by atoms with Gasteiger partial charge in [-0.3, -0.25) is 9.59 Å². The van der Waals surface area contributed by atoms with Crippen molar-refractivity contribution < 1.29 is 20.1 Å². The van der Waals surface area contributed by atoms with Crippen LogP contribution in [0.2, 0.25) is 5.02 Å². The Kier molecular flexibility index (Phi) is 4.51. The average Bonchev–Trinajstić information content (AvgIpc) is 2.56. The van der Waals surface area contributed by atoms with E-state index < -0.39 is 22.8 Å². The second-order valence-electron chi connectivity index (χ2n) is 5.28. The molecule has 2 aromatic carbocycles. The Bertz CT molecular complexity index is 1110. The topological polar surface area (TPSA) is 135 Å². The number of carbonyl (C=O) groups is 1. The molecule has 0 unspecified atom stereocenters. The van der Waals surface area contributed by atoms with Gasteiger partial charge in [0.15, 0.2) is 0 Å². The van der Waals surface area contributed by atoms with Gasteiger partial charge in [-0.1, -0.05) is 17.7 Å². The number of hydrazone groups is 1. The van der Waals surface area contributed by atoms with E-state index in [0.29, 0.717) is 0 Å². The van der Waals surface area contributed by atoms with Crippen LogP contribution in [-0.4, -0.2) is 32.4 Å². The Morgan fingerprint density at radius 1 is 1.19 bits per heavy atom. The summed E-state index contributed by atoms with van der Waals surface area (Å²) in [6.45, 7) is 0. The summed E-state index contributed by atoms with van der Waals surface area (Å²) in [5.41, 5.74) is 1.25. The average molecular weight is 374 g/mol. The first-order valence-electron chi connectivity index (χ1n) is 7.27. The summed E-state index contributed by atoms with van der Waals surface area (Å²) in [5, 5.41) is 33.1. The third kappa shape index (κ3) is 3.17. The molecule has 26 heavy (non-hydrogen) atoms. The van der Waals surface area contributed by atoms with E-state index in [1.807, 2.05) is 0 Å². The SMILES string of the molecule is O=C(N/N=C/c1ccc(O)cc1O)c1c(O)c2c(Cl)cccc2[nH]c1=O. The molecular formula is C17H12ClN3O5. The summed E-state index contributed by atoms with van der Waals surface area (Å²) in [7, 11) is 0. The van der Waals surface area contributed by atoms with Crippen molar-refractivity contribution in [3.63, 3.8) is 0 Å². The fourth-order valence-electron chi connectivity index (χ4n) is 2.35. The summed E-state index contributed by atoms with van der Waals surface area (Å²) < 4.78 is 0. The van der Waals surface area contributed by atoms with Crippen molar-refractivity contribution in [2.45, 2.75) is 0 Å². The number of aromatic hydroxyl groups is 3. The van der Waals surface area contributed by atoms with E-state index in [1.165, 1.54) is 24.3 Å². The van der Waals surface area contributed by atoms with Crippen molar-refractivity contribution in [3.8, 4) is 17.2 Å². The molecule has 0 radical (unpaired) electrons. The molecular weight excluding hydrogens is 362 g/mol. The van der Waals surface area contributed by atoms with Gasteiger partial charge < -0.3 is 20.3 Å². The highest BCUT2D eigenvalue weighted by molar-refractivity contribution is 6.36. The number of phenolic OH excluding ortho intramolecular Hbond substituents is 2. The van der Waals surface area contributed by atoms with Crippen molar-refractivity contribution in [3.05, 3.63) is 62.9 Å². The smallest absolute Gasteiger partial charge is 0.280 e. The molecule has 1 aromatic heterocycles. The molecule has 9 heteroatoms. The minimum absolute atomic E-state index is 0.131. The van der Waals surface area contributed by atoms with Gasteiger partial charge in [-0.2, -0.15) is 5.10 Å². The Labute approximate surface area is 151 Å². The molecule has 0 fully saturated rings. The molecule has 0 aliphatic rings. The zero-order valence-electron chi connectivity index (χ0n) is 13.0. The molecule has 0 saturated carbocycles. The second-order valence-corrected chi connectivity index (χ2v) is 5.69. The maximum atomic E-state index is 12.2. The van der Waals surface area contributed by atoms with Gasteiger partial charge in [-0.25, -0.2) is 5.43 Å². The maximum absolute atomic E-state index is 12.2. The van der Waals surface area contributed by atoms with Crippen molar-refractivity contribution >= 4 is 34.6 Å². The van der Waals surface area contributed by atoms with E-state index in [-0.39, 0.29) is 33.0 Å². The van der Waals surface area contributed by atoms with Crippen LogP contribution in [0.15, 0.2) is 46.3 Å². The molecule has 0 atom stereocenters. The van der Waals surface area contributed by atoms with Crippen LogP contribution in [0.5, 0.6) is 17.2 Å². The highest BCUT2D eigenvalue weighted by atomic mass is 35.5. The van der Waals surface area contributed by atoms with Gasteiger partial charge in [0.25, 0.3) is 11.5 Å². The summed E-state index contributed by atoms with van der Waals surface area (Å²) in [6.07, 6.45) is 1.12. The predicted molar refractivity (Wildman–Crippen MR) is 96.1 cm³/mol.